The maximum Gasteiger partial charge on any atom is 0.419 e. The molecule has 0 spiro atoms. The van der Waals surface area contributed by atoms with Crippen molar-refractivity contribution in [2.45, 2.75) is 30.9 Å². The first-order chi connectivity index (χ1) is 8.43. The first-order valence-electron chi connectivity index (χ1n) is 5.47. The number of hydrogen-bond acceptors (Lipinski definition) is 3. The third-order valence-electron chi connectivity index (χ3n) is 2.96. The average molecular weight is 262 g/mol. The van der Waals surface area contributed by atoms with Crippen molar-refractivity contribution in [1.82, 2.24) is 0 Å². The molecule has 0 saturated heterocycles. The lowest BCUT2D eigenvalue weighted by Gasteiger charge is -2.40. The van der Waals surface area contributed by atoms with E-state index in [0.29, 0.717) is 0 Å². The Morgan fingerprint density at radius 2 is 1.94 bits per heavy atom. The van der Waals surface area contributed by atoms with Crippen LogP contribution in [0.1, 0.15) is 12.0 Å². The fourth-order valence-electron chi connectivity index (χ4n) is 1.95. The lowest BCUT2D eigenvalue weighted by Crippen LogP contribution is -2.54. The zero-order valence-electron chi connectivity index (χ0n) is 9.65. The van der Waals surface area contributed by atoms with Crippen LogP contribution in [0.3, 0.4) is 0 Å². The molecule has 1 aliphatic rings. The molecule has 18 heavy (non-hydrogen) atoms. The van der Waals surface area contributed by atoms with Crippen LogP contribution in [0.25, 0.3) is 0 Å². The Hall–Kier alpha value is -1.27. The molecule has 0 aromatic heterocycles. The van der Waals surface area contributed by atoms with E-state index >= 15 is 0 Å². The van der Waals surface area contributed by atoms with Gasteiger partial charge >= 0.3 is 6.18 Å². The van der Waals surface area contributed by atoms with E-state index in [1.165, 1.54) is 25.3 Å². The van der Waals surface area contributed by atoms with Crippen LogP contribution in [0.4, 0.5) is 13.2 Å². The molecule has 0 bridgehead atoms. The van der Waals surface area contributed by atoms with Crippen LogP contribution in [0.2, 0.25) is 0 Å². The number of ether oxygens (including phenoxy) is 2. The predicted octanol–water partition coefficient (Wildman–Crippen LogP) is 2.23. The maximum absolute atomic E-state index is 12.7. The molecule has 6 heteroatoms. The van der Waals surface area contributed by atoms with Crippen molar-refractivity contribution in [3.05, 3.63) is 29.8 Å². The summed E-state index contributed by atoms with van der Waals surface area (Å²) in [5.41, 5.74) is -0.818. The number of alkyl halides is 3. The Morgan fingerprint density at radius 1 is 1.28 bits per heavy atom. The van der Waals surface area contributed by atoms with Gasteiger partial charge in [-0.2, -0.15) is 13.2 Å². The summed E-state index contributed by atoms with van der Waals surface area (Å²) in [6, 6.07) is 5.01. The summed E-state index contributed by atoms with van der Waals surface area (Å²) in [4.78, 5) is 0. The van der Waals surface area contributed by atoms with Gasteiger partial charge in [-0.05, 0) is 12.1 Å². The molecule has 1 fully saturated rings. The van der Waals surface area contributed by atoms with Crippen LogP contribution in [-0.2, 0) is 10.9 Å². The minimum Gasteiger partial charge on any atom is -0.487 e. The molecule has 1 N–H and O–H groups in total. The van der Waals surface area contributed by atoms with Crippen molar-refractivity contribution in [3.63, 3.8) is 0 Å². The summed E-state index contributed by atoms with van der Waals surface area (Å²) in [7, 11) is 1.39. The first kappa shape index (κ1) is 13.2. The summed E-state index contributed by atoms with van der Waals surface area (Å²) in [5.74, 6) is -0.232. The van der Waals surface area contributed by atoms with Crippen LogP contribution in [0.5, 0.6) is 5.75 Å². The van der Waals surface area contributed by atoms with E-state index in [9.17, 15) is 18.3 Å². The zero-order valence-corrected chi connectivity index (χ0v) is 9.65. The monoisotopic (exact) mass is 262 g/mol. The van der Waals surface area contributed by atoms with E-state index in [2.05, 4.69) is 0 Å². The van der Waals surface area contributed by atoms with Gasteiger partial charge in [0.25, 0.3) is 0 Å². The molecule has 1 aromatic carbocycles. The normalized spacial score (nSPS) is 27.7. The number of para-hydroxylation sites is 1. The van der Waals surface area contributed by atoms with Gasteiger partial charge in [-0.3, -0.25) is 0 Å². The van der Waals surface area contributed by atoms with E-state index < -0.39 is 30.1 Å². The molecule has 0 amide bonds. The summed E-state index contributed by atoms with van der Waals surface area (Å²) >= 11 is 0. The summed E-state index contributed by atoms with van der Waals surface area (Å²) in [6.07, 6.45) is -6.00. The number of methoxy groups -OCH3 is 1. The Balaban J connectivity index is 2.15. The van der Waals surface area contributed by atoms with Crippen LogP contribution in [0.15, 0.2) is 24.3 Å². The smallest absolute Gasteiger partial charge is 0.419 e. The van der Waals surface area contributed by atoms with Gasteiger partial charge in [0.15, 0.2) is 0 Å². The third-order valence-corrected chi connectivity index (χ3v) is 2.96. The highest BCUT2D eigenvalue weighted by atomic mass is 19.4. The van der Waals surface area contributed by atoms with Gasteiger partial charge in [-0.1, -0.05) is 12.1 Å². The van der Waals surface area contributed by atoms with E-state index in [4.69, 9.17) is 9.47 Å². The summed E-state index contributed by atoms with van der Waals surface area (Å²) in [6.45, 7) is 0. The van der Waals surface area contributed by atoms with E-state index in [1.807, 2.05) is 0 Å². The molecular formula is C12H13F3O3. The topological polar surface area (TPSA) is 38.7 Å². The van der Waals surface area contributed by atoms with Crippen LogP contribution < -0.4 is 4.74 Å². The highest BCUT2D eigenvalue weighted by molar-refractivity contribution is 5.36. The molecule has 0 radical (unpaired) electrons. The Kier molecular flexibility index (Phi) is 3.49. The lowest BCUT2D eigenvalue weighted by atomic mass is 9.88. The lowest BCUT2D eigenvalue weighted by molar-refractivity contribution is -0.157. The number of hydrogen-bond donors (Lipinski definition) is 1. The molecule has 2 rings (SSSR count). The van der Waals surface area contributed by atoms with Gasteiger partial charge in [0.2, 0.25) is 0 Å². The SMILES string of the molecule is COC1C(O)CC1Oc1ccccc1C(F)(F)F. The van der Waals surface area contributed by atoms with Gasteiger partial charge in [0, 0.05) is 13.5 Å². The molecule has 0 aliphatic heterocycles. The minimum atomic E-state index is -4.46. The predicted molar refractivity (Wildman–Crippen MR) is 57.3 cm³/mol. The molecule has 1 aromatic rings. The molecule has 3 unspecified atom stereocenters. The molecule has 3 nitrogen and oxygen atoms in total. The van der Waals surface area contributed by atoms with Gasteiger partial charge in [-0.25, -0.2) is 0 Å². The minimum absolute atomic E-state index is 0.232. The summed E-state index contributed by atoms with van der Waals surface area (Å²) in [5, 5.41) is 9.36. The van der Waals surface area contributed by atoms with Crippen LogP contribution in [-0.4, -0.2) is 30.5 Å². The first-order valence-corrected chi connectivity index (χ1v) is 5.47. The van der Waals surface area contributed by atoms with Crippen molar-refractivity contribution < 1.29 is 27.8 Å². The van der Waals surface area contributed by atoms with Gasteiger partial charge in [0.05, 0.1) is 11.7 Å². The molecule has 1 aliphatic carbocycles. The summed E-state index contributed by atoms with van der Waals surface area (Å²) < 4.78 is 48.4. The molecule has 3 atom stereocenters. The number of halogens is 3. The van der Waals surface area contributed by atoms with Crippen LogP contribution in [0, 0.1) is 0 Å². The van der Waals surface area contributed by atoms with E-state index in [-0.39, 0.29) is 12.2 Å². The van der Waals surface area contributed by atoms with Gasteiger partial charge < -0.3 is 14.6 Å². The van der Waals surface area contributed by atoms with Crippen molar-refractivity contribution in [3.8, 4) is 5.75 Å². The van der Waals surface area contributed by atoms with E-state index in [0.717, 1.165) is 6.07 Å². The second kappa shape index (κ2) is 4.78. The zero-order chi connectivity index (χ0) is 13.3. The quantitative estimate of drug-likeness (QED) is 0.907. The molecular weight excluding hydrogens is 249 g/mol. The van der Waals surface area contributed by atoms with Crippen molar-refractivity contribution in [2.24, 2.45) is 0 Å². The third kappa shape index (κ3) is 2.44. The second-order valence-electron chi connectivity index (χ2n) is 4.15. The Bertz CT molecular complexity index is 419. The van der Waals surface area contributed by atoms with Crippen molar-refractivity contribution in [2.75, 3.05) is 7.11 Å². The van der Waals surface area contributed by atoms with E-state index in [1.54, 1.807) is 0 Å². The molecule has 1 saturated carbocycles. The molecule has 100 valence electrons. The van der Waals surface area contributed by atoms with Gasteiger partial charge in [-0.15, -0.1) is 0 Å². The van der Waals surface area contributed by atoms with Crippen LogP contribution >= 0.6 is 0 Å². The highest BCUT2D eigenvalue weighted by Crippen LogP contribution is 2.38. The largest absolute Gasteiger partial charge is 0.487 e. The Labute approximate surface area is 102 Å². The standard InChI is InChI=1S/C12H13F3O3/c1-17-11-8(16)6-10(11)18-9-5-3-2-4-7(9)12(13,14)15/h2-5,8,10-11,16H,6H2,1H3. The fraction of sp³-hybridized carbons (Fsp3) is 0.500. The second-order valence-corrected chi connectivity index (χ2v) is 4.15. The number of aliphatic hydroxyl groups excluding tert-OH is 1. The van der Waals surface area contributed by atoms with Crippen molar-refractivity contribution >= 4 is 0 Å². The number of benzene rings is 1. The maximum atomic E-state index is 12.7. The number of aliphatic hydroxyl groups is 1. The Morgan fingerprint density at radius 3 is 2.50 bits per heavy atom. The fourth-order valence-corrected chi connectivity index (χ4v) is 1.95. The van der Waals surface area contributed by atoms with Crippen molar-refractivity contribution in [1.29, 1.82) is 0 Å². The molecule has 0 heterocycles. The van der Waals surface area contributed by atoms with Gasteiger partial charge in [0.1, 0.15) is 18.0 Å². The highest BCUT2D eigenvalue weighted by Gasteiger charge is 2.43. The number of rotatable bonds is 3. The average Bonchev–Trinajstić information content (AvgIpc) is 2.28.